The maximum Gasteiger partial charge on any atom is 0.305 e. The molecule has 3 aromatic rings. The molecule has 2 N–H and O–H groups in total. The molecular weight excluding hydrogens is 419 g/mol. The van der Waals surface area contributed by atoms with Gasteiger partial charge in [0.1, 0.15) is 18.1 Å². The molecular formula is C20H16Cl2N2O5. The zero-order valence-electron chi connectivity index (χ0n) is 15.2. The van der Waals surface area contributed by atoms with Crippen LogP contribution in [0.3, 0.4) is 0 Å². The molecule has 0 unspecified atom stereocenters. The first-order valence-electron chi connectivity index (χ1n) is 8.38. The Kier molecular flexibility index (Phi) is 6.64. The number of hydrogen-bond donors (Lipinski definition) is 2. The van der Waals surface area contributed by atoms with E-state index in [-0.39, 0.29) is 33.7 Å². The summed E-state index contributed by atoms with van der Waals surface area (Å²) in [7, 11) is 1.41. The Bertz CT molecular complexity index is 998. The van der Waals surface area contributed by atoms with E-state index >= 15 is 0 Å². The summed E-state index contributed by atoms with van der Waals surface area (Å²) in [5, 5.41) is 0.344. The Morgan fingerprint density at radius 2 is 1.62 bits per heavy atom. The number of carbonyl (C=O) groups excluding carboxylic acids is 2. The lowest BCUT2D eigenvalue weighted by atomic mass is 10.2. The molecule has 0 atom stereocenters. The maximum absolute atomic E-state index is 12.2. The van der Waals surface area contributed by atoms with E-state index in [1.165, 1.54) is 25.3 Å². The molecule has 7 nitrogen and oxygen atoms in total. The van der Waals surface area contributed by atoms with Crippen LogP contribution in [0.5, 0.6) is 11.5 Å². The number of benzene rings is 2. The molecule has 29 heavy (non-hydrogen) atoms. The highest BCUT2D eigenvalue weighted by molar-refractivity contribution is 6.37. The van der Waals surface area contributed by atoms with Crippen LogP contribution in [0.4, 0.5) is 0 Å². The number of halogens is 2. The van der Waals surface area contributed by atoms with Gasteiger partial charge in [-0.15, -0.1) is 0 Å². The van der Waals surface area contributed by atoms with Gasteiger partial charge >= 0.3 is 5.91 Å². The molecule has 0 saturated heterocycles. The summed E-state index contributed by atoms with van der Waals surface area (Å²) < 4.78 is 16.0. The second-order valence-corrected chi connectivity index (χ2v) is 6.56. The van der Waals surface area contributed by atoms with Crippen molar-refractivity contribution < 1.29 is 23.5 Å². The van der Waals surface area contributed by atoms with Gasteiger partial charge in [-0.25, -0.2) is 0 Å². The van der Waals surface area contributed by atoms with Crippen molar-refractivity contribution in [3.05, 3.63) is 81.7 Å². The lowest BCUT2D eigenvalue weighted by Crippen LogP contribution is -2.41. The first-order chi connectivity index (χ1) is 14.0. The van der Waals surface area contributed by atoms with Crippen LogP contribution in [-0.4, -0.2) is 18.9 Å². The molecule has 0 aliphatic carbocycles. The van der Waals surface area contributed by atoms with E-state index in [4.69, 9.17) is 37.1 Å². The topological polar surface area (TPSA) is 89.8 Å². The lowest BCUT2D eigenvalue weighted by molar-refractivity contribution is 0.0828. The molecule has 0 fully saturated rings. The molecule has 2 amide bonds. The molecule has 3 rings (SSSR count). The van der Waals surface area contributed by atoms with Gasteiger partial charge in [-0.3, -0.25) is 20.4 Å². The summed E-state index contributed by atoms with van der Waals surface area (Å²) in [6.07, 6.45) is 0. The van der Waals surface area contributed by atoms with Gasteiger partial charge in [0.2, 0.25) is 0 Å². The summed E-state index contributed by atoms with van der Waals surface area (Å²) in [6.45, 7) is 0.159. The predicted octanol–water partition coefficient (Wildman–Crippen LogP) is 4.25. The highest BCUT2D eigenvalue weighted by atomic mass is 35.5. The second-order valence-electron chi connectivity index (χ2n) is 5.75. The van der Waals surface area contributed by atoms with Crippen LogP contribution in [0.1, 0.15) is 26.7 Å². The van der Waals surface area contributed by atoms with Gasteiger partial charge in [-0.05, 0) is 36.4 Å². The molecule has 9 heteroatoms. The molecule has 0 bridgehead atoms. The molecule has 1 heterocycles. The molecule has 2 aromatic carbocycles. The van der Waals surface area contributed by atoms with Crippen LogP contribution in [0.15, 0.2) is 59.0 Å². The van der Waals surface area contributed by atoms with Crippen molar-refractivity contribution in [3.63, 3.8) is 0 Å². The zero-order valence-corrected chi connectivity index (χ0v) is 16.7. The van der Waals surface area contributed by atoms with Crippen LogP contribution >= 0.6 is 23.2 Å². The fourth-order valence-corrected chi connectivity index (χ4v) is 3.02. The number of hydrazine groups is 1. The van der Waals surface area contributed by atoms with E-state index in [0.717, 1.165) is 0 Å². The van der Waals surface area contributed by atoms with Gasteiger partial charge in [0, 0.05) is 5.56 Å². The minimum Gasteiger partial charge on any atom is -0.494 e. The minimum absolute atomic E-state index is 0.0164. The molecule has 0 spiro atoms. The smallest absolute Gasteiger partial charge is 0.305 e. The molecule has 0 aliphatic rings. The average Bonchev–Trinajstić information content (AvgIpc) is 3.20. The number of carbonyl (C=O) groups is 2. The quantitative estimate of drug-likeness (QED) is 0.566. The SMILES string of the molecule is COc1c(Cl)cc(C(=O)NNC(=O)c2ccc(COc3ccccc3)o2)cc1Cl. The van der Waals surface area contributed by atoms with E-state index in [2.05, 4.69) is 10.9 Å². The average molecular weight is 435 g/mol. The predicted molar refractivity (Wildman–Crippen MR) is 107 cm³/mol. The highest BCUT2D eigenvalue weighted by Crippen LogP contribution is 2.33. The number of nitrogens with one attached hydrogen (secondary N) is 2. The van der Waals surface area contributed by atoms with E-state index in [9.17, 15) is 9.59 Å². The van der Waals surface area contributed by atoms with Crippen LogP contribution in [0, 0.1) is 0 Å². The lowest BCUT2D eigenvalue weighted by Gasteiger charge is -2.09. The zero-order chi connectivity index (χ0) is 20.8. The normalized spacial score (nSPS) is 10.3. The standard InChI is InChI=1S/C20H16Cl2N2O5/c1-27-18-15(21)9-12(10-16(18)22)19(25)23-24-20(26)17-8-7-14(29-17)11-28-13-5-3-2-4-6-13/h2-10H,11H2,1H3,(H,23,25)(H,24,26). The molecule has 1 aromatic heterocycles. The Labute approximate surface area is 176 Å². The monoisotopic (exact) mass is 434 g/mol. The van der Waals surface area contributed by atoms with Crippen molar-refractivity contribution in [1.29, 1.82) is 0 Å². The van der Waals surface area contributed by atoms with Crippen molar-refractivity contribution in [1.82, 2.24) is 10.9 Å². The van der Waals surface area contributed by atoms with Crippen molar-refractivity contribution in [2.45, 2.75) is 6.61 Å². The summed E-state index contributed by atoms with van der Waals surface area (Å²) in [5.74, 6) is 0.176. The van der Waals surface area contributed by atoms with Crippen molar-refractivity contribution >= 4 is 35.0 Å². The number of para-hydroxylation sites is 1. The van der Waals surface area contributed by atoms with Crippen LogP contribution in [-0.2, 0) is 6.61 Å². The largest absolute Gasteiger partial charge is 0.494 e. The molecule has 0 saturated carbocycles. The number of ether oxygens (including phenoxy) is 2. The van der Waals surface area contributed by atoms with Gasteiger partial charge in [0.05, 0.1) is 17.2 Å². The van der Waals surface area contributed by atoms with Gasteiger partial charge < -0.3 is 13.9 Å². The molecule has 0 aliphatic heterocycles. The Morgan fingerprint density at radius 3 is 2.28 bits per heavy atom. The number of amides is 2. The van der Waals surface area contributed by atoms with Crippen LogP contribution < -0.4 is 20.3 Å². The van der Waals surface area contributed by atoms with E-state index < -0.39 is 11.8 Å². The third kappa shape index (κ3) is 5.22. The van der Waals surface area contributed by atoms with E-state index in [1.807, 2.05) is 30.3 Å². The number of hydrogen-bond acceptors (Lipinski definition) is 5. The van der Waals surface area contributed by atoms with Gasteiger partial charge in [0.25, 0.3) is 5.91 Å². The van der Waals surface area contributed by atoms with Crippen LogP contribution in [0.25, 0.3) is 0 Å². The third-order valence-corrected chi connectivity index (χ3v) is 4.33. The summed E-state index contributed by atoms with van der Waals surface area (Å²) in [5.41, 5.74) is 4.68. The van der Waals surface area contributed by atoms with Crippen molar-refractivity contribution in [2.75, 3.05) is 7.11 Å². The number of methoxy groups -OCH3 is 1. The number of rotatable bonds is 6. The second kappa shape index (κ2) is 9.36. The van der Waals surface area contributed by atoms with E-state index in [1.54, 1.807) is 6.07 Å². The first kappa shape index (κ1) is 20.6. The first-order valence-corrected chi connectivity index (χ1v) is 9.14. The molecule has 0 radical (unpaired) electrons. The van der Waals surface area contributed by atoms with Crippen molar-refractivity contribution in [3.8, 4) is 11.5 Å². The fourth-order valence-electron chi connectivity index (χ4n) is 2.38. The summed E-state index contributed by atoms with van der Waals surface area (Å²) in [4.78, 5) is 24.4. The maximum atomic E-state index is 12.2. The van der Waals surface area contributed by atoms with Gasteiger partial charge in [-0.2, -0.15) is 0 Å². The van der Waals surface area contributed by atoms with E-state index in [0.29, 0.717) is 11.5 Å². The number of furan rings is 1. The van der Waals surface area contributed by atoms with Gasteiger partial charge in [-0.1, -0.05) is 41.4 Å². The van der Waals surface area contributed by atoms with Crippen molar-refractivity contribution in [2.24, 2.45) is 0 Å². The minimum atomic E-state index is -0.630. The summed E-state index contributed by atoms with van der Waals surface area (Å²) >= 11 is 12.0. The summed E-state index contributed by atoms with van der Waals surface area (Å²) in [6, 6.07) is 15.0. The van der Waals surface area contributed by atoms with Gasteiger partial charge in [0.15, 0.2) is 11.5 Å². The Balaban J connectivity index is 1.55. The third-order valence-electron chi connectivity index (χ3n) is 3.76. The fraction of sp³-hybridized carbons (Fsp3) is 0.100. The Morgan fingerprint density at radius 1 is 0.966 bits per heavy atom. The Hall–Kier alpha value is -3.16. The molecule has 150 valence electrons. The van der Waals surface area contributed by atoms with Crippen LogP contribution in [0.2, 0.25) is 10.0 Å². The highest BCUT2D eigenvalue weighted by Gasteiger charge is 2.16.